The molecule has 4 aromatic rings. The lowest BCUT2D eigenvalue weighted by Gasteiger charge is -2.19. The molecule has 1 aliphatic rings. The molecular weight excluding hydrogens is 408 g/mol. The molecule has 5 rings (SSSR count). The maximum absolute atomic E-state index is 13.6. The Morgan fingerprint density at radius 2 is 1.61 bits per heavy atom. The predicted molar refractivity (Wildman–Crippen MR) is 135 cm³/mol. The summed E-state index contributed by atoms with van der Waals surface area (Å²) < 4.78 is 5.57. The van der Waals surface area contributed by atoms with Crippen LogP contribution in [0.1, 0.15) is 23.6 Å². The van der Waals surface area contributed by atoms with Crippen molar-refractivity contribution in [1.82, 2.24) is 0 Å². The van der Waals surface area contributed by atoms with Crippen LogP contribution in [0.4, 0.5) is 5.69 Å². The maximum atomic E-state index is 13.6. The van der Waals surface area contributed by atoms with Crippen LogP contribution in [0.15, 0.2) is 102 Å². The van der Waals surface area contributed by atoms with Crippen molar-refractivity contribution in [2.24, 2.45) is 4.99 Å². The minimum atomic E-state index is -0.150. The lowest BCUT2D eigenvalue weighted by Crippen LogP contribution is -2.32. The highest BCUT2D eigenvalue weighted by Gasteiger charge is 2.32. The first-order valence-electron chi connectivity index (χ1n) is 11.1. The molecule has 0 aromatic heterocycles. The van der Waals surface area contributed by atoms with Gasteiger partial charge in [-0.2, -0.15) is 0 Å². The van der Waals surface area contributed by atoms with Gasteiger partial charge < -0.3 is 4.74 Å². The minimum absolute atomic E-state index is 0.150. The molecular formula is C29H24N2O2. The number of ether oxygens (including phenoxy) is 1. The van der Waals surface area contributed by atoms with Gasteiger partial charge in [-0.05, 0) is 60.5 Å². The summed E-state index contributed by atoms with van der Waals surface area (Å²) >= 11 is 0. The van der Waals surface area contributed by atoms with E-state index in [1.165, 1.54) is 0 Å². The van der Waals surface area contributed by atoms with Gasteiger partial charge in [-0.1, -0.05) is 72.3 Å². The molecule has 1 amide bonds. The number of carbonyl (C=O) groups is 1. The van der Waals surface area contributed by atoms with E-state index in [1.54, 1.807) is 4.90 Å². The lowest BCUT2D eigenvalue weighted by molar-refractivity contribution is -0.113. The third-order valence-corrected chi connectivity index (χ3v) is 5.69. The van der Waals surface area contributed by atoms with Crippen molar-refractivity contribution >= 4 is 34.3 Å². The number of aliphatic imine (C=N–C) groups is 1. The van der Waals surface area contributed by atoms with Gasteiger partial charge in [-0.15, -0.1) is 0 Å². The molecule has 1 aliphatic heterocycles. The Kier molecular flexibility index (Phi) is 5.49. The summed E-state index contributed by atoms with van der Waals surface area (Å²) in [7, 11) is 0. The second-order valence-corrected chi connectivity index (χ2v) is 7.97. The molecule has 0 unspecified atom stereocenters. The molecule has 0 bridgehead atoms. The molecule has 4 heteroatoms. The van der Waals surface area contributed by atoms with Crippen LogP contribution < -0.4 is 9.64 Å². The second kappa shape index (κ2) is 8.75. The van der Waals surface area contributed by atoms with E-state index in [1.807, 2.05) is 92.7 Å². The fourth-order valence-corrected chi connectivity index (χ4v) is 4.03. The molecule has 0 fully saturated rings. The van der Waals surface area contributed by atoms with Gasteiger partial charge in [0.25, 0.3) is 5.91 Å². The fourth-order valence-electron chi connectivity index (χ4n) is 4.03. The van der Waals surface area contributed by atoms with E-state index in [2.05, 4.69) is 18.2 Å². The van der Waals surface area contributed by atoms with E-state index in [4.69, 9.17) is 9.73 Å². The molecule has 0 atom stereocenters. The normalized spacial score (nSPS) is 14.7. The number of anilines is 1. The summed E-state index contributed by atoms with van der Waals surface area (Å²) in [6, 6.07) is 29.9. The van der Waals surface area contributed by atoms with Crippen molar-refractivity contribution in [3.63, 3.8) is 0 Å². The van der Waals surface area contributed by atoms with Gasteiger partial charge >= 0.3 is 0 Å². The Balaban J connectivity index is 1.61. The van der Waals surface area contributed by atoms with Gasteiger partial charge in [-0.25, -0.2) is 4.99 Å². The zero-order valence-corrected chi connectivity index (χ0v) is 18.7. The van der Waals surface area contributed by atoms with Gasteiger partial charge in [0.2, 0.25) is 0 Å². The first-order chi connectivity index (χ1) is 16.1. The number of nitrogens with zero attached hydrogens (tertiary/aromatic N) is 2. The largest absolute Gasteiger partial charge is 0.494 e. The Labute approximate surface area is 193 Å². The van der Waals surface area contributed by atoms with Gasteiger partial charge in [0, 0.05) is 5.56 Å². The van der Waals surface area contributed by atoms with Crippen molar-refractivity contribution in [2.75, 3.05) is 11.5 Å². The van der Waals surface area contributed by atoms with Crippen LogP contribution in [0, 0.1) is 6.92 Å². The maximum Gasteiger partial charge on any atom is 0.282 e. The average Bonchev–Trinajstić information content (AvgIpc) is 3.16. The molecule has 33 heavy (non-hydrogen) atoms. The highest BCUT2D eigenvalue weighted by atomic mass is 16.5. The molecule has 162 valence electrons. The molecule has 0 saturated carbocycles. The van der Waals surface area contributed by atoms with Crippen molar-refractivity contribution in [3.8, 4) is 5.75 Å². The molecule has 0 N–H and O–H groups in total. The number of amides is 1. The number of fused-ring (bicyclic) bond motifs is 1. The first-order valence-corrected chi connectivity index (χ1v) is 11.1. The lowest BCUT2D eigenvalue weighted by atomic mass is 10.0. The summed E-state index contributed by atoms with van der Waals surface area (Å²) in [5, 5.41) is 2.22. The van der Waals surface area contributed by atoms with Crippen LogP contribution in [-0.2, 0) is 4.79 Å². The van der Waals surface area contributed by atoms with Gasteiger partial charge in [0.15, 0.2) is 0 Å². The minimum Gasteiger partial charge on any atom is -0.494 e. The van der Waals surface area contributed by atoms with Gasteiger partial charge in [0.05, 0.1) is 12.3 Å². The summed E-state index contributed by atoms with van der Waals surface area (Å²) in [5.41, 5.74) is 4.18. The number of carbonyl (C=O) groups excluding carboxylic acids is 1. The standard InChI is InChI=1S/C29H24N2O2/c1-3-33-25-17-15-24(16-18-25)31-28(22-13-11-20(2)12-14-22)30-27(29(31)32)19-23-9-6-8-21-7-4-5-10-26(21)23/h4-19H,3H2,1-2H3/b27-19+. The molecule has 0 aliphatic carbocycles. The first kappa shape index (κ1) is 20.7. The molecule has 0 spiro atoms. The third-order valence-electron chi connectivity index (χ3n) is 5.69. The van der Waals surface area contributed by atoms with E-state index in [0.29, 0.717) is 18.1 Å². The Morgan fingerprint density at radius 1 is 0.879 bits per heavy atom. The van der Waals surface area contributed by atoms with Crippen molar-refractivity contribution in [3.05, 3.63) is 113 Å². The molecule has 0 saturated heterocycles. The number of aryl methyl sites for hydroxylation is 1. The van der Waals surface area contributed by atoms with Crippen LogP contribution in [-0.4, -0.2) is 18.3 Å². The van der Waals surface area contributed by atoms with E-state index in [-0.39, 0.29) is 5.91 Å². The van der Waals surface area contributed by atoms with E-state index in [0.717, 1.165) is 38.9 Å². The number of hydrogen-bond acceptors (Lipinski definition) is 3. The van der Waals surface area contributed by atoms with Crippen molar-refractivity contribution in [1.29, 1.82) is 0 Å². The summed E-state index contributed by atoms with van der Waals surface area (Å²) in [6.07, 6.45) is 1.88. The topological polar surface area (TPSA) is 41.9 Å². The highest BCUT2D eigenvalue weighted by Crippen LogP contribution is 2.30. The van der Waals surface area contributed by atoms with Crippen LogP contribution in [0.25, 0.3) is 16.8 Å². The smallest absolute Gasteiger partial charge is 0.282 e. The van der Waals surface area contributed by atoms with Crippen LogP contribution in [0.5, 0.6) is 5.75 Å². The Hall–Kier alpha value is -4.18. The fraction of sp³-hybridized carbons (Fsp3) is 0.103. The van der Waals surface area contributed by atoms with Crippen LogP contribution in [0.2, 0.25) is 0 Å². The Morgan fingerprint density at radius 3 is 2.36 bits per heavy atom. The molecule has 4 nitrogen and oxygen atoms in total. The predicted octanol–water partition coefficient (Wildman–Crippen LogP) is 6.38. The van der Waals surface area contributed by atoms with Crippen molar-refractivity contribution in [2.45, 2.75) is 13.8 Å². The molecule has 1 heterocycles. The highest BCUT2D eigenvalue weighted by molar-refractivity contribution is 6.33. The monoisotopic (exact) mass is 432 g/mol. The summed E-state index contributed by atoms with van der Waals surface area (Å²) in [4.78, 5) is 20.1. The van der Waals surface area contributed by atoms with Crippen molar-refractivity contribution < 1.29 is 9.53 Å². The number of benzene rings is 4. The Bertz CT molecular complexity index is 1380. The summed E-state index contributed by atoms with van der Waals surface area (Å²) in [5.74, 6) is 1.24. The molecule has 0 radical (unpaired) electrons. The zero-order chi connectivity index (χ0) is 22.8. The van der Waals surface area contributed by atoms with Crippen LogP contribution >= 0.6 is 0 Å². The number of hydrogen-bond donors (Lipinski definition) is 0. The average molecular weight is 433 g/mol. The second-order valence-electron chi connectivity index (χ2n) is 7.97. The summed E-state index contributed by atoms with van der Waals surface area (Å²) in [6.45, 7) is 4.59. The van der Waals surface area contributed by atoms with E-state index >= 15 is 0 Å². The number of amidine groups is 1. The third kappa shape index (κ3) is 4.03. The molecule has 4 aromatic carbocycles. The zero-order valence-electron chi connectivity index (χ0n) is 18.7. The van der Waals surface area contributed by atoms with E-state index < -0.39 is 0 Å². The quantitative estimate of drug-likeness (QED) is 0.343. The van der Waals surface area contributed by atoms with E-state index in [9.17, 15) is 4.79 Å². The number of rotatable bonds is 5. The van der Waals surface area contributed by atoms with Crippen LogP contribution in [0.3, 0.4) is 0 Å². The SMILES string of the molecule is CCOc1ccc(N2C(=O)/C(=C\c3cccc4ccccc34)N=C2c2ccc(C)cc2)cc1. The van der Waals surface area contributed by atoms with Gasteiger partial charge in [-0.3, -0.25) is 9.69 Å². The van der Waals surface area contributed by atoms with Gasteiger partial charge in [0.1, 0.15) is 17.3 Å².